The third-order valence-electron chi connectivity index (χ3n) is 3.05. The zero-order valence-corrected chi connectivity index (χ0v) is 11.8. The molecule has 2 N–H and O–H groups in total. The van der Waals surface area contributed by atoms with Gasteiger partial charge in [0.15, 0.2) is 5.69 Å². The SMILES string of the molecule is O=C(Nc1ccc(Cl)c(Cl)c1)c1cn(C2CNC2)nn1. The largest absolute Gasteiger partial charge is 0.320 e. The zero-order chi connectivity index (χ0) is 14.1. The number of carbonyl (C=O) groups is 1. The number of amides is 1. The summed E-state index contributed by atoms with van der Waals surface area (Å²) in [6, 6.07) is 5.15. The van der Waals surface area contributed by atoms with Gasteiger partial charge in [-0.05, 0) is 18.2 Å². The van der Waals surface area contributed by atoms with Crippen molar-refractivity contribution in [3.8, 4) is 0 Å². The summed E-state index contributed by atoms with van der Waals surface area (Å²) >= 11 is 11.7. The second-order valence-corrected chi connectivity index (χ2v) is 5.29. The van der Waals surface area contributed by atoms with Crippen LogP contribution in [-0.4, -0.2) is 34.0 Å². The number of aromatic nitrogens is 3. The summed E-state index contributed by atoms with van der Waals surface area (Å²) in [4.78, 5) is 12.0. The molecule has 0 spiro atoms. The van der Waals surface area contributed by atoms with E-state index in [1.807, 2.05) is 0 Å². The van der Waals surface area contributed by atoms with Gasteiger partial charge in [-0.3, -0.25) is 4.79 Å². The molecule has 104 valence electrons. The van der Waals surface area contributed by atoms with Crippen molar-refractivity contribution in [2.45, 2.75) is 6.04 Å². The van der Waals surface area contributed by atoms with E-state index in [-0.39, 0.29) is 17.6 Å². The molecule has 2 aromatic rings. The fraction of sp³-hybridized carbons (Fsp3) is 0.250. The van der Waals surface area contributed by atoms with Crippen LogP contribution in [0.3, 0.4) is 0 Å². The lowest BCUT2D eigenvalue weighted by Gasteiger charge is -2.26. The van der Waals surface area contributed by atoms with E-state index in [9.17, 15) is 4.79 Å². The van der Waals surface area contributed by atoms with E-state index in [1.54, 1.807) is 29.1 Å². The van der Waals surface area contributed by atoms with Gasteiger partial charge in [0, 0.05) is 18.8 Å². The van der Waals surface area contributed by atoms with Crippen LogP contribution in [0.4, 0.5) is 5.69 Å². The first-order chi connectivity index (χ1) is 9.63. The third kappa shape index (κ3) is 2.63. The Kier molecular flexibility index (Phi) is 3.60. The van der Waals surface area contributed by atoms with Crippen molar-refractivity contribution >= 4 is 34.8 Å². The van der Waals surface area contributed by atoms with Crippen molar-refractivity contribution in [1.82, 2.24) is 20.3 Å². The van der Waals surface area contributed by atoms with Gasteiger partial charge in [0.1, 0.15) is 0 Å². The van der Waals surface area contributed by atoms with Crippen LogP contribution >= 0.6 is 23.2 Å². The normalized spacial score (nSPS) is 14.9. The number of nitrogens with one attached hydrogen (secondary N) is 2. The fourth-order valence-electron chi connectivity index (χ4n) is 1.79. The second-order valence-electron chi connectivity index (χ2n) is 4.48. The average molecular weight is 312 g/mol. The number of hydrogen-bond donors (Lipinski definition) is 2. The number of carbonyl (C=O) groups excluding carboxylic acids is 1. The van der Waals surface area contributed by atoms with Crippen molar-refractivity contribution in [2.24, 2.45) is 0 Å². The molecule has 0 bridgehead atoms. The van der Waals surface area contributed by atoms with Crippen molar-refractivity contribution < 1.29 is 4.79 Å². The molecule has 1 saturated heterocycles. The molecule has 0 saturated carbocycles. The Bertz CT molecular complexity index is 653. The molecule has 3 rings (SSSR count). The molecule has 1 aliphatic heterocycles. The monoisotopic (exact) mass is 311 g/mol. The summed E-state index contributed by atoms with van der Waals surface area (Å²) in [6.45, 7) is 1.69. The van der Waals surface area contributed by atoms with Crippen molar-refractivity contribution in [1.29, 1.82) is 0 Å². The standard InChI is InChI=1S/C12H11Cl2N5O/c13-9-2-1-7(3-10(9)14)16-12(20)11-6-19(18-17-11)8-4-15-5-8/h1-3,6,8,15H,4-5H2,(H,16,20). The maximum absolute atomic E-state index is 12.0. The quantitative estimate of drug-likeness (QED) is 0.909. The van der Waals surface area contributed by atoms with E-state index in [2.05, 4.69) is 20.9 Å². The highest BCUT2D eigenvalue weighted by molar-refractivity contribution is 6.42. The Hall–Kier alpha value is -1.63. The third-order valence-corrected chi connectivity index (χ3v) is 3.79. The molecule has 0 atom stereocenters. The van der Waals surface area contributed by atoms with Crippen LogP contribution in [0.5, 0.6) is 0 Å². The van der Waals surface area contributed by atoms with Crippen LogP contribution in [0.1, 0.15) is 16.5 Å². The Morgan fingerprint density at radius 3 is 2.80 bits per heavy atom. The molecule has 2 heterocycles. The van der Waals surface area contributed by atoms with Gasteiger partial charge in [0.25, 0.3) is 5.91 Å². The molecule has 1 fully saturated rings. The van der Waals surface area contributed by atoms with E-state index >= 15 is 0 Å². The Balaban J connectivity index is 1.71. The highest BCUT2D eigenvalue weighted by atomic mass is 35.5. The summed E-state index contributed by atoms with van der Waals surface area (Å²) in [6.07, 6.45) is 1.64. The van der Waals surface area contributed by atoms with E-state index in [0.717, 1.165) is 13.1 Å². The predicted molar refractivity (Wildman–Crippen MR) is 76.3 cm³/mol. The molecule has 1 aliphatic rings. The summed E-state index contributed by atoms with van der Waals surface area (Å²) < 4.78 is 1.69. The van der Waals surface area contributed by atoms with Gasteiger partial charge >= 0.3 is 0 Å². The fourth-order valence-corrected chi connectivity index (χ4v) is 2.09. The van der Waals surface area contributed by atoms with Crippen LogP contribution < -0.4 is 10.6 Å². The second kappa shape index (κ2) is 5.40. The minimum atomic E-state index is -0.332. The lowest BCUT2D eigenvalue weighted by Crippen LogP contribution is -2.43. The topological polar surface area (TPSA) is 71.8 Å². The number of rotatable bonds is 3. The molecule has 6 nitrogen and oxygen atoms in total. The predicted octanol–water partition coefficient (Wildman–Crippen LogP) is 1.98. The average Bonchev–Trinajstić information content (AvgIpc) is 2.81. The summed E-state index contributed by atoms with van der Waals surface area (Å²) in [5.41, 5.74) is 0.826. The van der Waals surface area contributed by atoms with Crippen LogP contribution in [0.15, 0.2) is 24.4 Å². The molecule has 1 aromatic heterocycles. The summed E-state index contributed by atoms with van der Waals surface area (Å²) in [5.74, 6) is -0.332. The first kappa shape index (κ1) is 13.4. The van der Waals surface area contributed by atoms with Gasteiger partial charge < -0.3 is 10.6 Å². The van der Waals surface area contributed by atoms with E-state index in [1.165, 1.54) is 0 Å². The Morgan fingerprint density at radius 2 is 2.15 bits per heavy atom. The highest BCUT2D eigenvalue weighted by Crippen LogP contribution is 2.25. The van der Waals surface area contributed by atoms with E-state index in [0.29, 0.717) is 15.7 Å². The molecule has 8 heteroatoms. The molecule has 1 amide bonds. The van der Waals surface area contributed by atoms with Gasteiger partial charge in [0.2, 0.25) is 0 Å². The number of nitrogens with zero attached hydrogens (tertiary/aromatic N) is 3. The highest BCUT2D eigenvalue weighted by Gasteiger charge is 2.21. The molecular weight excluding hydrogens is 301 g/mol. The first-order valence-corrected chi connectivity index (χ1v) is 6.78. The van der Waals surface area contributed by atoms with E-state index < -0.39 is 0 Å². The van der Waals surface area contributed by atoms with Gasteiger partial charge in [-0.25, -0.2) is 4.68 Å². The van der Waals surface area contributed by atoms with Gasteiger partial charge in [-0.2, -0.15) is 0 Å². The Morgan fingerprint density at radius 1 is 1.35 bits per heavy atom. The molecule has 0 radical (unpaired) electrons. The number of anilines is 1. The molecule has 1 aromatic carbocycles. The summed E-state index contributed by atoms with van der Waals surface area (Å²) in [7, 11) is 0. The maximum Gasteiger partial charge on any atom is 0.277 e. The molecule has 0 aliphatic carbocycles. The zero-order valence-electron chi connectivity index (χ0n) is 10.3. The van der Waals surface area contributed by atoms with Crippen LogP contribution in [0.25, 0.3) is 0 Å². The first-order valence-electron chi connectivity index (χ1n) is 6.02. The van der Waals surface area contributed by atoms with E-state index in [4.69, 9.17) is 23.2 Å². The van der Waals surface area contributed by atoms with Crippen LogP contribution in [0.2, 0.25) is 10.0 Å². The maximum atomic E-state index is 12.0. The van der Waals surface area contributed by atoms with Gasteiger partial charge in [0.05, 0.1) is 22.3 Å². The van der Waals surface area contributed by atoms with Crippen molar-refractivity contribution in [2.75, 3.05) is 18.4 Å². The minimum Gasteiger partial charge on any atom is -0.320 e. The van der Waals surface area contributed by atoms with Crippen LogP contribution in [-0.2, 0) is 0 Å². The molecule has 0 unspecified atom stereocenters. The van der Waals surface area contributed by atoms with Crippen molar-refractivity contribution in [3.63, 3.8) is 0 Å². The lowest BCUT2D eigenvalue weighted by atomic mass is 10.2. The van der Waals surface area contributed by atoms with Crippen LogP contribution in [0, 0.1) is 0 Å². The number of benzene rings is 1. The smallest absolute Gasteiger partial charge is 0.277 e. The molecule has 20 heavy (non-hydrogen) atoms. The molecular formula is C12H11Cl2N5O. The van der Waals surface area contributed by atoms with Gasteiger partial charge in [-0.1, -0.05) is 28.4 Å². The minimum absolute atomic E-state index is 0.267. The van der Waals surface area contributed by atoms with Gasteiger partial charge in [-0.15, -0.1) is 5.10 Å². The lowest BCUT2D eigenvalue weighted by molar-refractivity contribution is 0.102. The number of hydrogen-bond acceptors (Lipinski definition) is 4. The van der Waals surface area contributed by atoms with Crippen molar-refractivity contribution in [3.05, 3.63) is 40.1 Å². The number of halogens is 2. The Labute approximate surface area is 125 Å². The summed E-state index contributed by atoms with van der Waals surface area (Å²) in [5, 5.41) is 14.5.